The second kappa shape index (κ2) is 6.33. The Balaban J connectivity index is 1.35. The molecule has 1 aliphatic heterocycles. The van der Waals surface area contributed by atoms with Gasteiger partial charge >= 0.3 is 0 Å². The first-order chi connectivity index (χ1) is 11.7. The summed E-state index contributed by atoms with van der Waals surface area (Å²) >= 11 is 0. The van der Waals surface area contributed by atoms with Crippen molar-refractivity contribution in [2.75, 3.05) is 13.1 Å². The molecule has 3 heterocycles. The van der Waals surface area contributed by atoms with E-state index in [9.17, 15) is 4.39 Å². The number of aromatic nitrogens is 4. The molecule has 3 aromatic rings. The van der Waals surface area contributed by atoms with Gasteiger partial charge in [-0.1, -0.05) is 12.1 Å². The number of nitrogens with zero attached hydrogens (tertiary/aromatic N) is 4. The summed E-state index contributed by atoms with van der Waals surface area (Å²) in [6.45, 7) is 1.86. The van der Waals surface area contributed by atoms with Crippen LogP contribution in [0.5, 0.6) is 0 Å². The third-order valence-corrected chi connectivity index (χ3v) is 4.43. The molecule has 1 fully saturated rings. The standard InChI is InChI=1S/C17H20FN5O/c1-22-7-6-19-17(22)10-23-8-12(18)15(9-23)24-11-16-20-13-4-2-3-5-14(13)21-16/h2-7,12,15H,8-11H2,1H3,(H,20,21). The highest BCUT2D eigenvalue weighted by atomic mass is 19.1. The van der Waals surface area contributed by atoms with Gasteiger partial charge in [0.1, 0.15) is 30.5 Å². The zero-order valence-electron chi connectivity index (χ0n) is 13.5. The molecule has 0 amide bonds. The molecule has 0 saturated carbocycles. The quantitative estimate of drug-likeness (QED) is 0.778. The molecule has 0 radical (unpaired) electrons. The maximum absolute atomic E-state index is 14.3. The van der Waals surface area contributed by atoms with Gasteiger partial charge in [0.25, 0.3) is 0 Å². The van der Waals surface area contributed by atoms with Crippen LogP contribution in [0.2, 0.25) is 0 Å². The van der Waals surface area contributed by atoms with Crippen molar-refractivity contribution in [3.8, 4) is 0 Å². The van der Waals surface area contributed by atoms with Crippen LogP contribution in [0.25, 0.3) is 11.0 Å². The van der Waals surface area contributed by atoms with Crippen LogP contribution >= 0.6 is 0 Å². The smallest absolute Gasteiger partial charge is 0.140 e. The van der Waals surface area contributed by atoms with Gasteiger partial charge < -0.3 is 14.3 Å². The second-order valence-corrected chi connectivity index (χ2v) is 6.21. The van der Waals surface area contributed by atoms with Crippen molar-refractivity contribution in [3.63, 3.8) is 0 Å². The molecule has 1 aromatic carbocycles. The molecule has 1 N–H and O–H groups in total. The SMILES string of the molecule is Cn1ccnc1CN1CC(F)C(OCc2nc3ccccc3[nH]2)C1. The topological polar surface area (TPSA) is 59.0 Å². The summed E-state index contributed by atoms with van der Waals surface area (Å²) in [5.41, 5.74) is 1.87. The largest absolute Gasteiger partial charge is 0.366 e. The maximum atomic E-state index is 14.3. The highest BCUT2D eigenvalue weighted by molar-refractivity contribution is 5.74. The number of imidazole rings is 2. The van der Waals surface area contributed by atoms with Crippen molar-refractivity contribution in [1.82, 2.24) is 24.4 Å². The Morgan fingerprint density at radius 2 is 2.21 bits per heavy atom. The van der Waals surface area contributed by atoms with Gasteiger partial charge in [0.05, 0.1) is 17.6 Å². The fourth-order valence-corrected chi connectivity index (χ4v) is 3.10. The van der Waals surface area contributed by atoms with Crippen LogP contribution < -0.4 is 0 Å². The lowest BCUT2D eigenvalue weighted by Gasteiger charge is -2.15. The number of fused-ring (bicyclic) bond motifs is 1. The van der Waals surface area contributed by atoms with Gasteiger partial charge in [-0.3, -0.25) is 4.90 Å². The normalized spacial score (nSPS) is 21.8. The molecule has 24 heavy (non-hydrogen) atoms. The average molecular weight is 329 g/mol. The average Bonchev–Trinajstić information content (AvgIpc) is 3.25. The predicted molar refractivity (Wildman–Crippen MR) is 88.1 cm³/mol. The zero-order valence-corrected chi connectivity index (χ0v) is 13.5. The van der Waals surface area contributed by atoms with E-state index in [1.54, 1.807) is 6.20 Å². The summed E-state index contributed by atoms with van der Waals surface area (Å²) in [4.78, 5) is 14.0. The van der Waals surface area contributed by atoms with Crippen LogP contribution in [-0.4, -0.2) is 49.8 Å². The summed E-state index contributed by atoms with van der Waals surface area (Å²) in [5.74, 6) is 1.66. The first kappa shape index (κ1) is 15.3. The number of alkyl halides is 1. The van der Waals surface area contributed by atoms with Crippen LogP contribution in [0.3, 0.4) is 0 Å². The number of hydrogen-bond donors (Lipinski definition) is 1. The Morgan fingerprint density at radius 3 is 3.00 bits per heavy atom. The van der Waals surface area contributed by atoms with Crippen molar-refractivity contribution < 1.29 is 9.13 Å². The summed E-state index contributed by atoms with van der Waals surface area (Å²) < 4.78 is 22.0. The van der Waals surface area contributed by atoms with E-state index in [1.165, 1.54) is 0 Å². The minimum absolute atomic E-state index is 0.288. The number of likely N-dealkylation sites (tertiary alicyclic amines) is 1. The fourth-order valence-electron chi connectivity index (χ4n) is 3.10. The minimum Gasteiger partial charge on any atom is -0.366 e. The summed E-state index contributed by atoms with van der Waals surface area (Å²) in [7, 11) is 1.95. The molecule has 126 valence electrons. The molecule has 7 heteroatoms. The number of aromatic amines is 1. The molecular weight excluding hydrogens is 309 g/mol. The van der Waals surface area contributed by atoms with Gasteiger partial charge in [0.2, 0.25) is 0 Å². The van der Waals surface area contributed by atoms with Crippen molar-refractivity contribution in [2.24, 2.45) is 7.05 Å². The third kappa shape index (κ3) is 3.05. The van der Waals surface area contributed by atoms with Gasteiger partial charge in [-0.25, -0.2) is 14.4 Å². The highest BCUT2D eigenvalue weighted by Crippen LogP contribution is 2.20. The molecule has 0 bridgehead atoms. The van der Waals surface area contributed by atoms with Crippen LogP contribution in [0.1, 0.15) is 11.6 Å². The minimum atomic E-state index is -0.991. The Bertz CT molecular complexity index is 796. The van der Waals surface area contributed by atoms with Gasteiger partial charge in [0.15, 0.2) is 0 Å². The van der Waals surface area contributed by atoms with Gasteiger partial charge in [-0.2, -0.15) is 0 Å². The number of hydrogen-bond acceptors (Lipinski definition) is 4. The first-order valence-corrected chi connectivity index (χ1v) is 8.07. The number of aryl methyl sites for hydroxylation is 1. The Morgan fingerprint density at radius 1 is 1.33 bits per heavy atom. The molecule has 2 aromatic heterocycles. The Labute approximate surface area is 139 Å². The van der Waals surface area contributed by atoms with E-state index < -0.39 is 12.3 Å². The number of ether oxygens (including phenoxy) is 1. The van der Waals surface area contributed by atoms with Crippen LogP contribution in [0.4, 0.5) is 4.39 Å². The molecule has 0 spiro atoms. The molecule has 1 aliphatic rings. The summed E-state index contributed by atoms with van der Waals surface area (Å²) in [6.07, 6.45) is 2.23. The molecular formula is C17H20FN5O. The number of nitrogens with one attached hydrogen (secondary N) is 1. The second-order valence-electron chi connectivity index (χ2n) is 6.21. The van der Waals surface area contributed by atoms with E-state index in [4.69, 9.17) is 4.74 Å². The molecule has 1 saturated heterocycles. The number of para-hydroxylation sites is 2. The lowest BCUT2D eigenvalue weighted by atomic mass is 10.3. The summed E-state index contributed by atoms with van der Waals surface area (Å²) in [5, 5.41) is 0. The van der Waals surface area contributed by atoms with E-state index in [1.807, 2.05) is 47.0 Å². The number of halogens is 1. The number of rotatable bonds is 5. The van der Waals surface area contributed by atoms with Gasteiger partial charge in [0, 0.05) is 32.5 Å². The fraction of sp³-hybridized carbons (Fsp3) is 0.412. The van der Waals surface area contributed by atoms with Gasteiger partial charge in [-0.15, -0.1) is 0 Å². The lowest BCUT2D eigenvalue weighted by Crippen LogP contribution is -2.25. The Hall–Kier alpha value is -2.25. The van der Waals surface area contributed by atoms with Crippen molar-refractivity contribution in [1.29, 1.82) is 0 Å². The van der Waals surface area contributed by atoms with E-state index >= 15 is 0 Å². The molecule has 2 atom stereocenters. The summed E-state index contributed by atoms with van der Waals surface area (Å²) in [6, 6.07) is 7.80. The number of H-pyrrole nitrogens is 1. The van der Waals surface area contributed by atoms with Crippen molar-refractivity contribution in [2.45, 2.75) is 25.4 Å². The van der Waals surface area contributed by atoms with Crippen LogP contribution in [0.15, 0.2) is 36.7 Å². The first-order valence-electron chi connectivity index (χ1n) is 8.07. The maximum Gasteiger partial charge on any atom is 0.140 e. The highest BCUT2D eigenvalue weighted by Gasteiger charge is 2.34. The molecule has 0 aliphatic carbocycles. The number of benzene rings is 1. The molecule has 6 nitrogen and oxygen atoms in total. The van der Waals surface area contributed by atoms with E-state index in [2.05, 4.69) is 15.0 Å². The van der Waals surface area contributed by atoms with E-state index in [0.29, 0.717) is 19.6 Å². The van der Waals surface area contributed by atoms with E-state index in [0.717, 1.165) is 22.7 Å². The van der Waals surface area contributed by atoms with Crippen molar-refractivity contribution in [3.05, 3.63) is 48.3 Å². The van der Waals surface area contributed by atoms with Crippen LogP contribution in [-0.2, 0) is 24.9 Å². The van der Waals surface area contributed by atoms with Crippen LogP contribution in [0, 0.1) is 0 Å². The van der Waals surface area contributed by atoms with E-state index in [-0.39, 0.29) is 6.61 Å². The monoisotopic (exact) mass is 329 g/mol. The zero-order chi connectivity index (χ0) is 16.5. The van der Waals surface area contributed by atoms with Crippen molar-refractivity contribution >= 4 is 11.0 Å². The third-order valence-electron chi connectivity index (χ3n) is 4.43. The van der Waals surface area contributed by atoms with Gasteiger partial charge in [-0.05, 0) is 12.1 Å². The molecule has 2 unspecified atom stereocenters. The molecule has 4 rings (SSSR count). The predicted octanol–water partition coefficient (Wildman–Crippen LogP) is 2.04. The Kier molecular flexibility index (Phi) is 4.03. The lowest BCUT2D eigenvalue weighted by molar-refractivity contribution is 0.00857.